The minimum atomic E-state index is -1.37. The zero-order valence-corrected chi connectivity index (χ0v) is 15.4. The number of halogens is 1. The first-order valence-corrected chi connectivity index (χ1v) is 8.45. The molecule has 6 heteroatoms. The Hall–Kier alpha value is -2.66. The summed E-state index contributed by atoms with van der Waals surface area (Å²) in [6.07, 6.45) is -0.384. The molecule has 0 aromatic heterocycles. The summed E-state index contributed by atoms with van der Waals surface area (Å²) in [6, 6.07) is 9.97. The second kappa shape index (κ2) is 6.57. The summed E-state index contributed by atoms with van der Waals surface area (Å²) in [7, 11) is 1.54. The van der Waals surface area contributed by atoms with E-state index in [1.807, 2.05) is 6.92 Å². The highest BCUT2D eigenvalue weighted by molar-refractivity contribution is 6.31. The van der Waals surface area contributed by atoms with Gasteiger partial charge in [-0.05, 0) is 55.8 Å². The minimum Gasteiger partial charge on any atom is -0.496 e. The molecule has 1 unspecified atom stereocenters. The van der Waals surface area contributed by atoms with Crippen molar-refractivity contribution in [2.45, 2.75) is 25.7 Å². The van der Waals surface area contributed by atoms with Crippen LogP contribution in [0.2, 0.25) is 5.02 Å². The van der Waals surface area contributed by atoms with Gasteiger partial charge in [0, 0.05) is 21.9 Å². The molecule has 0 aliphatic carbocycles. The SMILES string of the molecule is COc1ccc2c(c1C)C(CC(=O)O)(C(=O)c1ccc(Cl)cc1)C(C)=N2. The van der Waals surface area contributed by atoms with Gasteiger partial charge in [0.2, 0.25) is 0 Å². The molecule has 0 bridgehead atoms. The largest absolute Gasteiger partial charge is 0.496 e. The number of benzene rings is 2. The predicted octanol–water partition coefficient (Wildman–Crippen LogP) is 4.36. The molecule has 2 aromatic carbocycles. The lowest BCUT2D eigenvalue weighted by atomic mass is 9.68. The van der Waals surface area contributed by atoms with Gasteiger partial charge in [0.1, 0.15) is 11.2 Å². The summed E-state index contributed by atoms with van der Waals surface area (Å²) in [6.45, 7) is 3.51. The van der Waals surface area contributed by atoms with Crippen molar-refractivity contribution in [1.29, 1.82) is 0 Å². The maximum atomic E-state index is 13.5. The molecule has 26 heavy (non-hydrogen) atoms. The van der Waals surface area contributed by atoms with Crippen LogP contribution in [0.25, 0.3) is 0 Å². The number of aliphatic imine (C=N–C) groups is 1. The van der Waals surface area contributed by atoms with Crippen molar-refractivity contribution in [3.63, 3.8) is 0 Å². The molecule has 0 saturated carbocycles. The zero-order valence-electron chi connectivity index (χ0n) is 14.7. The smallest absolute Gasteiger partial charge is 0.305 e. The van der Waals surface area contributed by atoms with Crippen molar-refractivity contribution >= 4 is 34.8 Å². The van der Waals surface area contributed by atoms with Crippen LogP contribution in [-0.4, -0.2) is 29.7 Å². The first-order chi connectivity index (χ1) is 12.3. The number of carbonyl (C=O) groups is 2. The Morgan fingerprint density at radius 1 is 1.15 bits per heavy atom. The third-order valence-corrected chi connectivity index (χ3v) is 5.11. The van der Waals surface area contributed by atoms with Crippen molar-refractivity contribution < 1.29 is 19.4 Å². The standard InChI is InChI=1S/C20H18ClNO4/c1-11-16(26-3)9-8-15-18(11)20(10-17(23)24,12(2)22-15)19(25)13-4-6-14(21)7-5-13/h4-9H,10H2,1-3H3,(H,23,24). The maximum Gasteiger partial charge on any atom is 0.305 e. The fourth-order valence-corrected chi connectivity index (χ4v) is 3.76. The number of carboxylic acids is 1. The van der Waals surface area contributed by atoms with Gasteiger partial charge in [0.05, 0.1) is 19.2 Å². The second-order valence-electron chi connectivity index (χ2n) is 6.30. The molecule has 1 heterocycles. The topological polar surface area (TPSA) is 76.0 Å². The van der Waals surface area contributed by atoms with Crippen LogP contribution < -0.4 is 4.74 Å². The lowest BCUT2D eigenvalue weighted by Gasteiger charge is -2.30. The summed E-state index contributed by atoms with van der Waals surface area (Å²) < 4.78 is 5.38. The number of aliphatic carboxylic acids is 1. The van der Waals surface area contributed by atoms with E-state index in [9.17, 15) is 14.7 Å². The second-order valence-corrected chi connectivity index (χ2v) is 6.73. The van der Waals surface area contributed by atoms with Crippen molar-refractivity contribution in [3.05, 3.63) is 58.1 Å². The van der Waals surface area contributed by atoms with Gasteiger partial charge in [-0.2, -0.15) is 0 Å². The van der Waals surface area contributed by atoms with Crippen LogP contribution in [-0.2, 0) is 10.2 Å². The molecule has 1 atom stereocenters. The van der Waals surface area contributed by atoms with Crippen molar-refractivity contribution in [2.75, 3.05) is 7.11 Å². The number of methoxy groups -OCH3 is 1. The first kappa shape index (κ1) is 18.1. The highest BCUT2D eigenvalue weighted by Crippen LogP contribution is 2.48. The number of hydrogen-bond acceptors (Lipinski definition) is 4. The number of ketones is 1. The van der Waals surface area contributed by atoms with Crippen LogP contribution in [0.15, 0.2) is 41.4 Å². The van der Waals surface area contributed by atoms with Gasteiger partial charge in [-0.1, -0.05) is 11.6 Å². The molecular weight excluding hydrogens is 354 g/mol. The number of carbonyl (C=O) groups excluding carboxylic acids is 1. The number of hydrogen-bond donors (Lipinski definition) is 1. The fraction of sp³-hybridized carbons (Fsp3) is 0.250. The summed E-state index contributed by atoms with van der Waals surface area (Å²) in [5.74, 6) is -0.794. The molecule has 0 fully saturated rings. The van der Waals surface area contributed by atoms with E-state index < -0.39 is 11.4 Å². The molecule has 1 aliphatic rings. The molecule has 3 rings (SSSR count). The molecule has 0 spiro atoms. The Morgan fingerprint density at radius 2 is 1.81 bits per heavy atom. The molecule has 134 valence electrons. The van der Waals surface area contributed by atoms with Gasteiger partial charge in [-0.15, -0.1) is 0 Å². The van der Waals surface area contributed by atoms with E-state index in [4.69, 9.17) is 16.3 Å². The Labute approximate surface area is 156 Å². The number of carboxylic acid groups (broad SMARTS) is 1. The summed E-state index contributed by atoms with van der Waals surface area (Å²) >= 11 is 5.92. The van der Waals surface area contributed by atoms with E-state index in [2.05, 4.69) is 4.99 Å². The molecule has 0 saturated heterocycles. The normalized spacial score (nSPS) is 18.2. The average molecular weight is 372 g/mol. The monoisotopic (exact) mass is 371 g/mol. The number of ether oxygens (including phenoxy) is 1. The molecule has 1 aliphatic heterocycles. The highest BCUT2D eigenvalue weighted by Gasteiger charge is 2.51. The van der Waals surface area contributed by atoms with E-state index in [-0.39, 0.29) is 12.2 Å². The third kappa shape index (κ3) is 2.69. The number of fused-ring (bicyclic) bond motifs is 1. The number of rotatable bonds is 5. The van der Waals surface area contributed by atoms with Gasteiger partial charge < -0.3 is 9.84 Å². The summed E-state index contributed by atoms with van der Waals surface area (Å²) in [5.41, 5.74) is 1.40. The maximum absolute atomic E-state index is 13.5. The van der Waals surface area contributed by atoms with Crippen molar-refractivity contribution in [3.8, 4) is 5.75 Å². The van der Waals surface area contributed by atoms with E-state index in [1.54, 1.807) is 43.3 Å². The lowest BCUT2D eigenvalue weighted by Crippen LogP contribution is -2.43. The van der Waals surface area contributed by atoms with Crippen LogP contribution in [0.4, 0.5) is 5.69 Å². The molecule has 0 amide bonds. The molecular formula is C20H18ClNO4. The predicted molar refractivity (Wildman–Crippen MR) is 100 cm³/mol. The van der Waals surface area contributed by atoms with Gasteiger partial charge in [-0.3, -0.25) is 14.6 Å². The highest BCUT2D eigenvalue weighted by atomic mass is 35.5. The van der Waals surface area contributed by atoms with Gasteiger partial charge in [-0.25, -0.2) is 0 Å². The molecule has 2 aromatic rings. The van der Waals surface area contributed by atoms with Gasteiger partial charge in [0.25, 0.3) is 0 Å². The quantitative estimate of drug-likeness (QED) is 0.792. The molecule has 1 N–H and O–H groups in total. The van der Waals surface area contributed by atoms with E-state index >= 15 is 0 Å². The zero-order chi connectivity index (χ0) is 19.1. The fourth-order valence-electron chi connectivity index (χ4n) is 3.64. The summed E-state index contributed by atoms with van der Waals surface area (Å²) in [4.78, 5) is 29.7. The number of Topliss-reactive ketones (excluding diaryl/α,β-unsaturated/α-hetero) is 1. The Balaban J connectivity index is 2.28. The van der Waals surface area contributed by atoms with Crippen LogP contribution in [0.5, 0.6) is 5.75 Å². The van der Waals surface area contributed by atoms with Crippen LogP contribution >= 0.6 is 11.6 Å². The third-order valence-electron chi connectivity index (χ3n) is 4.86. The first-order valence-electron chi connectivity index (χ1n) is 8.07. The van der Waals surface area contributed by atoms with E-state index in [0.29, 0.717) is 38.9 Å². The van der Waals surface area contributed by atoms with Crippen LogP contribution in [0.1, 0.15) is 34.8 Å². The van der Waals surface area contributed by atoms with E-state index in [0.717, 1.165) is 0 Å². The average Bonchev–Trinajstić information content (AvgIpc) is 2.88. The van der Waals surface area contributed by atoms with Gasteiger partial charge in [0.15, 0.2) is 5.78 Å². The number of nitrogens with zero attached hydrogens (tertiary/aromatic N) is 1. The molecule has 5 nitrogen and oxygen atoms in total. The van der Waals surface area contributed by atoms with Crippen LogP contribution in [0.3, 0.4) is 0 Å². The molecule has 0 radical (unpaired) electrons. The van der Waals surface area contributed by atoms with Gasteiger partial charge >= 0.3 is 5.97 Å². The van der Waals surface area contributed by atoms with E-state index in [1.165, 1.54) is 7.11 Å². The Kier molecular flexibility index (Phi) is 4.59. The summed E-state index contributed by atoms with van der Waals surface area (Å²) in [5, 5.41) is 10.1. The lowest BCUT2D eigenvalue weighted by molar-refractivity contribution is -0.137. The Bertz CT molecular complexity index is 934. The van der Waals surface area contributed by atoms with Crippen molar-refractivity contribution in [1.82, 2.24) is 0 Å². The van der Waals surface area contributed by atoms with Crippen LogP contribution in [0, 0.1) is 6.92 Å². The van der Waals surface area contributed by atoms with Crippen molar-refractivity contribution in [2.24, 2.45) is 4.99 Å². The minimum absolute atomic E-state index is 0.312. The Morgan fingerprint density at radius 3 is 2.38 bits per heavy atom.